The molecule has 1 N–H and O–H groups in total. The zero-order chi connectivity index (χ0) is 27.6. The van der Waals surface area contributed by atoms with E-state index >= 15 is 0 Å². The van der Waals surface area contributed by atoms with E-state index in [-0.39, 0.29) is 24.0 Å². The summed E-state index contributed by atoms with van der Waals surface area (Å²) in [6, 6.07) is 31.3. The van der Waals surface area contributed by atoms with Crippen molar-refractivity contribution in [2.24, 2.45) is 0 Å². The lowest BCUT2D eigenvalue weighted by molar-refractivity contribution is -0.140. The number of carbonyl (C=O) groups excluding carboxylic acids is 2. The topological polar surface area (TPSA) is 76.1 Å². The molecule has 1 fully saturated rings. The van der Waals surface area contributed by atoms with Gasteiger partial charge in [0.25, 0.3) is 11.7 Å². The highest BCUT2D eigenvalue weighted by Gasteiger charge is 2.46. The smallest absolute Gasteiger partial charge is 0.295 e. The molecule has 0 aliphatic carbocycles. The van der Waals surface area contributed by atoms with Crippen LogP contribution in [-0.2, 0) is 29.2 Å². The monoisotopic (exact) mass is 531 g/mol. The van der Waals surface area contributed by atoms with E-state index in [0.29, 0.717) is 29.9 Å². The van der Waals surface area contributed by atoms with Crippen molar-refractivity contribution in [3.63, 3.8) is 0 Å². The molecule has 0 bridgehead atoms. The van der Waals surface area contributed by atoms with Crippen LogP contribution < -0.4 is 9.47 Å². The number of amides is 1. The molecule has 200 valence electrons. The first kappa shape index (κ1) is 25.4. The maximum absolute atomic E-state index is 13.5. The fourth-order valence-electron chi connectivity index (χ4n) is 5.41. The highest BCUT2D eigenvalue weighted by atomic mass is 16.5. The zero-order valence-corrected chi connectivity index (χ0v) is 22.1. The van der Waals surface area contributed by atoms with Crippen LogP contribution in [0.15, 0.2) is 109 Å². The van der Waals surface area contributed by atoms with Crippen LogP contribution in [0.25, 0.3) is 5.76 Å². The third-order valence-electron chi connectivity index (χ3n) is 7.33. The molecule has 2 aliphatic heterocycles. The fourth-order valence-corrected chi connectivity index (χ4v) is 5.41. The molecule has 2 aliphatic rings. The predicted octanol–water partition coefficient (Wildman–Crippen LogP) is 6.21. The summed E-state index contributed by atoms with van der Waals surface area (Å²) >= 11 is 0. The number of nitrogens with zero attached hydrogens (tertiary/aromatic N) is 1. The van der Waals surface area contributed by atoms with Crippen molar-refractivity contribution in [2.75, 3.05) is 0 Å². The van der Waals surface area contributed by atoms with Crippen molar-refractivity contribution in [3.05, 3.63) is 137 Å². The van der Waals surface area contributed by atoms with E-state index in [1.54, 1.807) is 12.1 Å². The van der Waals surface area contributed by atoms with Crippen LogP contribution in [0.5, 0.6) is 11.5 Å². The van der Waals surface area contributed by atoms with Gasteiger partial charge in [-0.3, -0.25) is 9.59 Å². The van der Waals surface area contributed by atoms with Crippen LogP contribution in [0.4, 0.5) is 0 Å². The fraction of sp³-hybridized carbons (Fsp3) is 0.176. The maximum atomic E-state index is 13.5. The van der Waals surface area contributed by atoms with Crippen molar-refractivity contribution in [1.29, 1.82) is 0 Å². The molecule has 2 atom stereocenters. The average molecular weight is 532 g/mol. The second-order valence-electron chi connectivity index (χ2n) is 10.2. The summed E-state index contributed by atoms with van der Waals surface area (Å²) in [5, 5.41) is 11.6. The number of fused-ring (bicyclic) bond motifs is 1. The van der Waals surface area contributed by atoms with Gasteiger partial charge in [0.1, 0.15) is 30.0 Å². The SMILES string of the molecule is C[C@H]1Cc2cc(C(O)=C3C(=O)C(=O)N(Cc4ccccc4)[C@H]3c3cccc(OCc4ccccc4)c3)ccc2O1. The first-order valence-corrected chi connectivity index (χ1v) is 13.4. The number of aliphatic hydroxyl groups excluding tert-OH is 1. The number of rotatable bonds is 7. The minimum absolute atomic E-state index is 0.0440. The standard InChI is InChI=1S/C34H29NO5/c1-22-17-27-18-26(15-16-29(27)40-22)32(36)30-31(35(34(38)33(30)37)20-23-9-4-2-5-10-23)25-13-8-14-28(19-25)39-21-24-11-6-3-7-12-24/h2-16,18-19,22,31,36H,17,20-21H2,1H3/t22-,31-/m0/s1. The molecule has 0 aromatic heterocycles. The third kappa shape index (κ3) is 4.96. The number of carbonyl (C=O) groups is 2. The predicted molar refractivity (Wildman–Crippen MR) is 152 cm³/mol. The van der Waals surface area contributed by atoms with Gasteiger partial charge in [-0.05, 0) is 59.5 Å². The maximum Gasteiger partial charge on any atom is 0.295 e. The summed E-state index contributed by atoms with van der Waals surface area (Å²) in [7, 11) is 0. The summed E-state index contributed by atoms with van der Waals surface area (Å²) < 4.78 is 11.9. The van der Waals surface area contributed by atoms with Gasteiger partial charge in [-0.2, -0.15) is 0 Å². The van der Waals surface area contributed by atoms with Crippen molar-refractivity contribution in [2.45, 2.75) is 38.6 Å². The van der Waals surface area contributed by atoms with Crippen molar-refractivity contribution >= 4 is 17.4 Å². The number of Topliss-reactive ketones (excluding diaryl/α,β-unsaturated/α-hetero) is 1. The lowest BCUT2D eigenvalue weighted by atomic mass is 9.94. The Balaban J connectivity index is 1.41. The van der Waals surface area contributed by atoms with Gasteiger partial charge in [0, 0.05) is 18.5 Å². The molecule has 1 amide bonds. The van der Waals surface area contributed by atoms with Gasteiger partial charge in [0.2, 0.25) is 0 Å². The van der Waals surface area contributed by atoms with Gasteiger partial charge in [0.15, 0.2) is 0 Å². The Kier molecular flexibility index (Phi) is 6.83. The molecule has 0 saturated carbocycles. The molecule has 6 nitrogen and oxygen atoms in total. The van der Waals surface area contributed by atoms with E-state index in [0.717, 1.165) is 22.4 Å². The van der Waals surface area contributed by atoms with Crippen molar-refractivity contribution in [1.82, 2.24) is 4.90 Å². The summed E-state index contributed by atoms with van der Waals surface area (Å²) in [4.78, 5) is 28.5. The molecule has 1 saturated heterocycles. The second-order valence-corrected chi connectivity index (χ2v) is 10.2. The second kappa shape index (κ2) is 10.7. The number of ether oxygens (including phenoxy) is 2. The van der Waals surface area contributed by atoms with E-state index in [1.807, 2.05) is 97.9 Å². The highest BCUT2D eigenvalue weighted by Crippen LogP contribution is 2.42. The summed E-state index contributed by atoms with van der Waals surface area (Å²) in [6.07, 6.45) is 0.755. The molecule has 6 heteroatoms. The molecule has 2 heterocycles. The van der Waals surface area contributed by atoms with Crippen LogP contribution in [-0.4, -0.2) is 27.8 Å². The molecular weight excluding hydrogens is 502 g/mol. The molecule has 0 spiro atoms. The van der Waals surface area contributed by atoms with Crippen LogP contribution in [0.2, 0.25) is 0 Å². The summed E-state index contributed by atoms with van der Waals surface area (Å²) in [5.41, 5.74) is 4.10. The van der Waals surface area contributed by atoms with Gasteiger partial charge in [-0.1, -0.05) is 72.8 Å². The molecule has 0 unspecified atom stereocenters. The Bertz CT molecular complexity index is 1600. The Morgan fingerprint density at radius 2 is 1.62 bits per heavy atom. The number of hydrogen-bond acceptors (Lipinski definition) is 5. The third-order valence-corrected chi connectivity index (χ3v) is 7.33. The van der Waals surface area contributed by atoms with Gasteiger partial charge in [0.05, 0.1) is 11.6 Å². The number of hydrogen-bond donors (Lipinski definition) is 1. The van der Waals surface area contributed by atoms with E-state index < -0.39 is 17.7 Å². The number of likely N-dealkylation sites (tertiary alicyclic amines) is 1. The van der Waals surface area contributed by atoms with Gasteiger partial charge >= 0.3 is 0 Å². The molecule has 40 heavy (non-hydrogen) atoms. The number of benzene rings is 4. The molecule has 0 radical (unpaired) electrons. The van der Waals surface area contributed by atoms with Gasteiger partial charge in [-0.15, -0.1) is 0 Å². The van der Waals surface area contributed by atoms with E-state index in [2.05, 4.69) is 0 Å². The van der Waals surface area contributed by atoms with Gasteiger partial charge in [-0.25, -0.2) is 0 Å². The summed E-state index contributed by atoms with van der Waals surface area (Å²) in [5.74, 6) is -0.177. The molecule has 6 rings (SSSR count). The lowest BCUT2D eigenvalue weighted by Gasteiger charge is -2.26. The number of aliphatic hydroxyl groups is 1. The Hall–Kier alpha value is -4.84. The number of ketones is 1. The highest BCUT2D eigenvalue weighted by molar-refractivity contribution is 6.46. The van der Waals surface area contributed by atoms with E-state index in [4.69, 9.17) is 9.47 Å². The van der Waals surface area contributed by atoms with Gasteiger partial charge < -0.3 is 19.5 Å². The molecule has 4 aromatic rings. The van der Waals surface area contributed by atoms with Crippen LogP contribution in [0.1, 0.15) is 40.8 Å². The Morgan fingerprint density at radius 1 is 0.900 bits per heavy atom. The Labute approximate surface area is 233 Å². The van der Waals surface area contributed by atoms with Crippen LogP contribution >= 0.6 is 0 Å². The molecule has 4 aromatic carbocycles. The largest absolute Gasteiger partial charge is 0.507 e. The first-order valence-electron chi connectivity index (χ1n) is 13.4. The zero-order valence-electron chi connectivity index (χ0n) is 22.1. The normalized spacial score (nSPS) is 19.4. The lowest BCUT2D eigenvalue weighted by Crippen LogP contribution is -2.29. The average Bonchev–Trinajstić information content (AvgIpc) is 3.48. The first-order chi connectivity index (χ1) is 19.5. The van der Waals surface area contributed by atoms with Crippen LogP contribution in [0.3, 0.4) is 0 Å². The van der Waals surface area contributed by atoms with E-state index in [9.17, 15) is 14.7 Å². The quantitative estimate of drug-likeness (QED) is 0.174. The molecular formula is C34H29NO5. The van der Waals surface area contributed by atoms with Crippen LogP contribution in [0, 0.1) is 0 Å². The van der Waals surface area contributed by atoms with Crippen molar-refractivity contribution < 1.29 is 24.2 Å². The Morgan fingerprint density at radius 3 is 2.38 bits per heavy atom. The van der Waals surface area contributed by atoms with Crippen molar-refractivity contribution in [3.8, 4) is 11.5 Å². The van der Waals surface area contributed by atoms with E-state index in [1.165, 1.54) is 4.90 Å². The minimum Gasteiger partial charge on any atom is -0.507 e. The summed E-state index contributed by atoms with van der Waals surface area (Å²) in [6.45, 7) is 2.59. The minimum atomic E-state index is -0.788.